The van der Waals surface area contributed by atoms with Crippen LogP contribution in [0, 0.1) is 27.4 Å². The second kappa shape index (κ2) is 8.18. The fraction of sp³-hybridized carbons (Fsp3) is 0.161. The van der Waals surface area contributed by atoms with Gasteiger partial charge in [-0.15, -0.1) is 0 Å². The lowest BCUT2D eigenvalue weighted by Gasteiger charge is -2.41. The van der Waals surface area contributed by atoms with Crippen LogP contribution in [0.3, 0.4) is 0 Å². The zero-order valence-corrected chi connectivity index (χ0v) is 19.8. The Kier molecular flexibility index (Phi) is 4.99. The molecule has 0 fully saturated rings. The second-order valence-corrected chi connectivity index (χ2v) is 9.32. The van der Waals surface area contributed by atoms with Crippen molar-refractivity contribution >= 4 is 17.2 Å². The normalized spacial score (nSPS) is 19.0. The van der Waals surface area contributed by atoms with E-state index >= 15 is 0 Å². The molecule has 4 aromatic carbocycles. The highest BCUT2D eigenvalue weighted by atomic mass is 15.4. The molecule has 1 radical (unpaired) electrons. The van der Waals surface area contributed by atoms with Crippen LogP contribution in [0.1, 0.15) is 45.5 Å². The van der Waals surface area contributed by atoms with E-state index in [1.54, 1.807) is 0 Å². The van der Waals surface area contributed by atoms with Gasteiger partial charge in [0.1, 0.15) is 18.5 Å². The van der Waals surface area contributed by atoms with Gasteiger partial charge in [0, 0.05) is 11.3 Å². The molecule has 0 spiro atoms. The molecular formula is C31H28N3. The van der Waals surface area contributed by atoms with E-state index in [1.165, 1.54) is 44.8 Å². The Balaban J connectivity index is 1.54. The Morgan fingerprint density at radius 3 is 1.94 bits per heavy atom. The third-order valence-corrected chi connectivity index (χ3v) is 6.91. The van der Waals surface area contributed by atoms with Crippen molar-refractivity contribution < 1.29 is 0 Å². The van der Waals surface area contributed by atoms with Crippen molar-refractivity contribution in [2.24, 2.45) is 4.99 Å². The smallest absolute Gasteiger partial charge is 0.148 e. The van der Waals surface area contributed by atoms with Gasteiger partial charge in [0.05, 0.1) is 11.7 Å². The van der Waals surface area contributed by atoms with Crippen LogP contribution in [0.15, 0.2) is 102 Å². The molecule has 0 saturated heterocycles. The van der Waals surface area contributed by atoms with Gasteiger partial charge in [0.25, 0.3) is 0 Å². The van der Waals surface area contributed by atoms with Gasteiger partial charge < -0.3 is 9.80 Å². The van der Waals surface area contributed by atoms with Crippen LogP contribution in [0.25, 0.3) is 0 Å². The van der Waals surface area contributed by atoms with Crippen molar-refractivity contribution in [3.8, 4) is 0 Å². The molecule has 0 unspecified atom stereocenters. The molecule has 4 aromatic rings. The van der Waals surface area contributed by atoms with Gasteiger partial charge in [-0.2, -0.15) is 0 Å². The van der Waals surface area contributed by atoms with Crippen LogP contribution < -0.4 is 4.90 Å². The predicted octanol–water partition coefficient (Wildman–Crippen LogP) is 7.43. The molecule has 2 aliphatic heterocycles. The molecule has 0 aliphatic carbocycles. The predicted molar refractivity (Wildman–Crippen MR) is 140 cm³/mol. The number of nitrogens with zero attached hydrogens (tertiary/aromatic N) is 3. The van der Waals surface area contributed by atoms with Crippen molar-refractivity contribution in [1.82, 2.24) is 4.90 Å². The maximum Gasteiger partial charge on any atom is 0.148 e. The van der Waals surface area contributed by atoms with Crippen LogP contribution in [-0.4, -0.2) is 10.7 Å². The van der Waals surface area contributed by atoms with Gasteiger partial charge in [-0.25, -0.2) is 0 Å². The molecule has 0 bridgehead atoms. The summed E-state index contributed by atoms with van der Waals surface area (Å²) in [6.07, 6.45) is 0. The van der Waals surface area contributed by atoms with E-state index < -0.39 is 0 Å². The molecule has 3 nitrogen and oxygen atoms in total. The number of hydrogen-bond acceptors (Lipinski definition) is 3. The van der Waals surface area contributed by atoms with Gasteiger partial charge in [0.15, 0.2) is 0 Å². The second-order valence-electron chi connectivity index (χ2n) is 9.32. The molecular weight excluding hydrogens is 414 g/mol. The van der Waals surface area contributed by atoms with Gasteiger partial charge in [-0.05, 0) is 55.2 Å². The van der Waals surface area contributed by atoms with Crippen molar-refractivity contribution in [2.75, 3.05) is 4.90 Å². The zero-order chi connectivity index (χ0) is 23.2. The largest absolute Gasteiger partial charge is 0.322 e. The Morgan fingerprint density at radius 2 is 1.26 bits per heavy atom. The third-order valence-electron chi connectivity index (χ3n) is 6.91. The van der Waals surface area contributed by atoms with E-state index in [-0.39, 0.29) is 12.1 Å². The summed E-state index contributed by atoms with van der Waals surface area (Å²) in [5.74, 6) is 1.04. The summed E-state index contributed by atoms with van der Waals surface area (Å²) in [6, 6.07) is 34.7. The SMILES string of the molecule is Cc1cc(C)c(N2[CH]N3C(=N[C@@H](c4ccccc4)[C@@H]3c3ccccc3)c3ccccc32)c(C)c1. The van der Waals surface area contributed by atoms with Crippen LogP contribution in [0.4, 0.5) is 11.4 Å². The Labute approximate surface area is 202 Å². The number of benzene rings is 4. The number of rotatable bonds is 3. The Morgan fingerprint density at radius 1 is 0.676 bits per heavy atom. The first-order valence-electron chi connectivity index (χ1n) is 11.9. The highest BCUT2D eigenvalue weighted by Crippen LogP contribution is 2.49. The fourth-order valence-electron chi connectivity index (χ4n) is 5.58. The lowest BCUT2D eigenvalue weighted by atomic mass is 9.93. The molecule has 0 aromatic heterocycles. The number of aryl methyl sites for hydroxylation is 3. The fourth-order valence-corrected chi connectivity index (χ4v) is 5.58. The lowest BCUT2D eigenvalue weighted by Crippen LogP contribution is -2.41. The lowest BCUT2D eigenvalue weighted by molar-refractivity contribution is 0.357. The van der Waals surface area contributed by atoms with Crippen molar-refractivity contribution in [3.63, 3.8) is 0 Å². The van der Waals surface area contributed by atoms with Gasteiger partial charge in [-0.3, -0.25) is 4.99 Å². The molecule has 0 N–H and O–H groups in total. The Bertz CT molecular complexity index is 1350. The minimum atomic E-state index is 0.0167. The van der Waals surface area contributed by atoms with E-state index in [1.807, 2.05) is 0 Å². The van der Waals surface area contributed by atoms with Crippen LogP contribution in [0.2, 0.25) is 0 Å². The summed E-state index contributed by atoms with van der Waals surface area (Å²) in [5, 5.41) is 0. The van der Waals surface area contributed by atoms with E-state index in [9.17, 15) is 0 Å². The summed E-state index contributed by atoms with van der Waals surface area (Å²) < 4.78 is 0. The quantitative estimate of drug-likeness (QED) is 0.329. The topological polar surface area (TPSA) is 18.8 Å². The number of fused-ring (bicyclic) bond motifs is 3. The van der Waals surface area contributed by atoms with Crippen LogP contribution >= 0.6 is 0 Å². The summed E-state index contributed by atoms with van der Waals surface area (Å²) in [4.78, 5) is 10.1. The van der Waals surface area contributed by atoms with E-state index in [0.29, 0.717) is 0 Å². The number of hydrogen-bond donors (Lipinski definition) is 0. The number of para-hydroxylation sites is 1. The Hall–Kier alpha value is -3.85. The minimum absolute atomic E-state index is 0.0167. The van der Waals surface area contributed by atoms with Crippen LogP contribution in [-0.2, 0) is 0 Å². The van der Waals surface area contributed by atoms with E-state index in [4.69, 9.17) is 4.99 Å². The molecule has 2 heterocycles. The first-order chi connectivity index (χ1) is 16.6. The maximum atomic E-state index is 5.35. The molecule has 6 rings (SSSR count). The first-order valence-corrected chi connectivity index (χ1v) is 11.9. The maximum absolute atomic E-state index is 5.35. The van der Waals surface area contributed by atoms with Gasteiger partial charge in [0.2, 0.25) is 0 Å². The molecule has 167 valence electrons. The molecule has 0 amide bonds. The molecule has 2 atom stereocenters. The van der Waals surface area contributed by atoms with Crippen molar-refractivity contribution in [3.05, 3.63) is 137 Å². The summed E-state index contributed by atoms with van der Waals surface area (Å²) >= 11 is 0. The highest BCUT2D eigenvalue weighted by molar-refractivity contribution is 6.08. The number of amidine groups is 1. The molecule has 3 heteroatoms. The monoisotopic (exact) mass is 442 g/mol. The zero-order valence-electron chi connectivity index (χ0n) is 19.8. The van der Waals surface area contributed by atoms with E-state index in [2.05, 4.69) is 134 Å². The summed E-state index contributed by atoms with van der Waals surface area (Å²) in [7, 11) is 0. The van der Waals surface area contributed by atoms with Gasteiger partial charge >= 0.3 is 0 Å². The minimum Gasteiger partial charge on any atom is -0.322 e. The van der Waals surface area contributed by atoms with Crippen molar-refractivity contribution in [1.29, 1.82) is 0 Å². The standard InChI is InChI=1S/C31H28N3/c1-21-18-22(2)29(23(3)19-21)33-20-34-30(25-14-8-5-9-15-25)28(24-12-6-4-7-13-24)32-31(34)26-16-10-11-17-27(26)33/h4-20,28,30H,1-3H3/t28-,30-/m0/s1. The molecule has 34 heavy (non-hydrogen) atoms. The average Bonchev–Trinajstić information content (AvgIpc) is 3.24. The molecule has 0 saturated carbocycles. The number of anilines is 2. The third kappa shape index (κ3) is 3.31. The van der Waals surface area contributed by atoms with Gasteiger partial charge in [-0.1, -0.05) is 90.5 Å². The van der Waals surface area contributed by atoms with Crippen LogP contribution in [0.5, 0.6) is 0 Å². The summed E-state index contributed by atoms with van der Waals surface area (Å²) in [6.45, 7) is 8.85. The van der Waals surface area contributed by atoms with E-state index in [0.717, 1.165) is 5.84 Å². The number of aliphatic imine (C=N–C) groups is 1. The highest BCUT2D eigenvalue weighted by Gasteiger charge is 2.43. The summed E-state index contributed by atoms with van der Waals surface area (Å²) in [5.41, 5.74) is 9.93. The average molecular weight is 443 g/mol. The molecule has 2 aliphatic rings. The van der Waals surface area contributed by atoms with Crippen molar-refractivity contribution in [2.45, 2.75) is 32.9 Å². The first kappa shape index (κ1) is 20.7.